The Labute approximate surface area is 406 Å². The van der Waals surface area contributed by atoms with Gasteiger partial charge >= 0.3 is 5.97 Å². The highest BCUT2D eigenvalue weighted by atomic mass is 16.6. The molecule has 1 N–H and O–H groups in total. The summed E-state index contributed by atoms with van der Waals surface area (Å²) >= 11 is 0. The van der Waals surface area contributed by atoms with E-state index in [9.17, 15) is 14.7 Å². The molecular formula is C58H116N2O5. The maximum Gasteiger partial charge on any atom is 0.306 e. The van der Waals surface area contributed by atoms with Gasteiger partial charge in [0, 0.05) is 25.4 Å². The van der Waals surface area contributed by atoms with Crippen LogP contribution in [0.5, 0.6) is 0 Å². The summed E-state index contributed by atoms with van der Waals surface area (Å²) in [5.41, 5.74) is 0. The first-order chi connectivity index (χ1) is 31.7. The quantitative estimate of drug-likeness (QED) is 0.0372. The maximum atomic E-state index is 13.9. The lowest BCUT2D eigenvalue weighted by molar-refractivity contribution is -0.150. The maximum absolute atomic E-state index is 13.9. The molecule has 0 radical (unpaired) electrons. The van der Waals surface area contributed by atoms with E-state index < -0.39 is 6.29 Å². The van der Waals surface area contributed by atoms with Crippen LogP contribution >= 0.6 is 0 Å². The van der Waals surface area contributed by atoms with Gasteiger partial charge in [-0.05, 0) is 104 Å². The van der Waals surface area contributed by atoms with Gasteiger partial charge in [0.15, 0.2) is 6.29 Å². The monoisotopic (exact) mass is 921 g/mol. The third-order valence-electron chi connectivity index (χ3n) is 13.8. The number of carbonyl (C=O) groups excluding carboxylic acids is 2. The Bertz CT molecular complexity index is 969. The molecule has 0 aromatic heterocycles. The molecule has 0 aromatic carbocycles. The lowest BCUT2D eigenvalue weighted by Crippen LogP contribution is -2.41. The highest BCUT2D eigenvalue weighted by Gasteiger charge is 2.23. The Morgan fingerprint density at radius 3 is 1.20 bits per heavy atom. The molecule has 0 spiro atoms. The van der Waals surface area contributed by atoms with E-state index in [2.05, 4.69) is 58.5 Å². The second-order valence-electron chi connectivity index (χ2n) is 20.6. The molecule has 0 aliphatic rings. The average Bonchev–Trinajstić information content (AvgIpc) is 3.28. The van der Waals surface area contributed by atoms with Crippen molar-refractivity contribution in [2.75, 3.05) is 27.2 Å². The Balaban J connectivity index is 5.04. The number of hydrogen-bond acceptors (Lipinski definition) is 6. The second kappa shape index (κ2) is 49.2. The SMILES string of the molecule is CCCCCCCC(=O)N(CCCN(C)C)C(CCCCCCCCC(=O)OC(CCCCCC)CCCCCC)CCCCCCCCC(O)OC(CCCCCC)CCCCCC. The topological polar surface area (TPSA) is 79.3 Å². The summed E-state index contributed by atoms with van der Waals surface area (Å²) in [5.74, 6) is 0.396. The zero-order valence-electron chi connectivity index (χ0n) is 45.1. The third-order valence-corrected chi connectivity index (χ3v) is 13.8. The Morgan fingerprint density at radius 1 is 0.400 bits per heavy atom. The summed E-state index contributed by atoms with van der Waals surface area (Å²) in [5, 5.41) is 10.8. The predicted molar refractivity (Wildman–Crippen MR) is 282 cm³/mol. The molecule has 388 valence electrons. The van der Waals surface area contributed by atoms with Crippen LogP contribution in [0.25, 0.3) is 0 Å². The van der Waals surface area contributed by atoms with Gasteiger partial charge < -0.3 is 24.4 Å². The summed E-state index contributed by atoms with van der Waals surface area (Å²) in [4.78, 5) is 31.3. The molecule has 0 aliphatic carbocycles. The van der Waals surface area contributed by atoms with Crippen molar-refractivity contribution in [1.29, 1.82) is 0 Å². The fraction of sp³-hybridized carbons (Fsp3) is 0.966. The highest BCUT2D eigenvalue weighted by Crippen LogP contribution is 2.23. The summed E-state index contributed by atoms with van der Waals surface area (Å²) < 4.78 is 12.3. The third kappa shape index (κ3) is 42.6. The standard InChI is InChI=1S/C58H116N2O5/c1-8-13-18-27-38-48-56(61)60(52-41-51-59(6)7)53(42-32-28-23-25-30-39-49-57(62)64-54(44-34-19-14-9-2)45-35-20-15-10-3)43-33-29-24-26-31-40-50-58(63)65-55(46-36-21-16-11-4)47-37-22-17-12-5/h53-55,57,62H,8-52H2,1-7H3. The van der Waals surface area contributed by atoms with Gasteiger partial charge in [-0.15, -0.1) is 0 Å². The first-order valence-electron chi connectivity index (χ1n) is 29.2. The minimum atomic E-state index is -0.628. The first kappa shape index (κ1) is 63.8. The minimum absolute atomic E-state index is 0.0157. The van der Waals surface area contributed by atoms with Gasteiger partial charge in [0.2, 0.25) is 5.91 Å². The Kier molecular flexibility index (Phi) is 48.4. The molecule has 0 fully saturated rings. The first-order valence-corrected chi connectivity index (χ1v) is 29.2. The number of unbranched alkanes of at least 4 members (excludes halogenated alkanes) is 26. The smallest absolute Gasteiger partial charge is 0.306 e. The van der Waals surface area contributed by atoms with Crippen LogP contribution < -0.4 is 0 Å². The van der Waals surface area contributed by atoms with Crippen molar-refractivity contribution in [3.05, 3.63) is 0 Å². The molecule has 0 bridgehead atoms. The van der Waals surface area contributed by atoms with Crippen LogP contribution in [0.2, 0.25) is 0 Å². The zero-order chi connectivity index (χ0) is 47.9. The molecule has 65 heavy (non-hydrogen) atoms. The number of rotatable bonds is 52. The van der Waals surface area contributed by atoms with Crippen molar-refractivity contribution in [2.24, 2.45) is 0 Å². The van der Waals surface area contributed by atoms with Crippen LogP contribution in [-0.4, -0.2) is 78.5 Å². The number of esters is 1. The molecule has 0 saturated carbocycles. The van der Waals surface area contributed by atoms with Gasteiger partial charge in [-0.2, -0.15) is 0 Å². The van der Waals surface area contributed by atoms with E-state index in [-0.39, 0.29) is 18.2 Å². The van der Waals surface area contributed by atoms with Crippen molar-refractivity contribution < 1.29 is 24.2 Å². The van der Waals surface area contributed by atoms with Gasteiger partial charge in [-0.1, -0.05) is 214 Å². The van der Waals surface area contributed by atoms with Gasteiger partial charge in [0.25, 0.3) is 0 Å². The number of hydrogen-bond donors (Lipinski definition) is 1. The van der Waals surface area contributed by atoms with Crippen molar-refractivity contribution in [3.8, 4) is 0 Å². The largest absolute Gasteiger partial charge is 0.462 e. The van der Waals surface area contributed by atoms with Gasteiger partial charge in [0.1, 0.15) is 6.10 Å². The lowest BCUT2D eigenvalue weighted by Gasteiger charge is -2.33. The molecule has 0 rings (SSSR count). The van der Waals surface area contributed by atoms with Gasteiger partial charge in [-0.25, -0.2) is 0 Å². The summed E-state index contributed by atoms with van der Waals surface area (Å²) in [6.07, 6.45) is 48.7. The van der Waals surface area contributed by atoms with Crippen LogP contribution in [0, 0.1) is 0 Å². The summed E-state index contributed by atoms with van der Waals surface area (Å²) in [7, 11) is 4.27. The highest BCUT2D eigenvalue weighted by molar-refractivity contribution is 5.76. The number of aliphatic hydroxyl groups is 1. The molecule has 7 nitrogen and oxygen atoms in total. The molecule has 0 heterocycles. The van der Waals surface area contributed by atoms with Crippen LogP contribution in [0.4, 0.5) is 0 Å². The number of aliphatic hydroxyl groups excluding tert-OH is 1. The fourth-order valence-corrected chi connectivity index (χ4v) is 9.58. The molecule has 1 amide bonds. The normalized spacial score (nSPS) is 12.8. The second-order valence-corrected chi connectivity index (χ2v) is 20.6. The number of amides is 1. The zero-order valence-corrected chi connectivity index (χ0v) is 45.1. The van der Waals surface area contributed by atoms with Crippen LogP contribution in [0.1, 0.15) is 311 Å². The molecule has 0 saturated heterocycles. The van der Waals surface area contributed by atoms with E-state index >= 15 is 0 Å². The van der Waals surface area contributed by atoms with E-state index in [1.807, 2.05) is 0 Å². The van der Waals surface area contributed by atoms with Crippen LogP contribution in [-0.2, 0) is 19.1 Å². The molecule has 2 atom stereocenters. The molecule has 7 heteroatoms. The number of carbonyl (C=O) groups is 2. The van der Waals surface area contributed by atoms with Crippen LogP contribution in [0.3, 0.4) is 0 Å². The van der Waals surface area contributed by atoms with Crippen molar-refractivity contribution in [1.82, 2.24) is 9.80 Å². The minimum Gasteiger partial charge on any atom is -0.462 e. The fourth-order valence-electron chi connectivity index (χ4n) is 9.58. The number of nitrogens with zero attached hydrogens (tertiary/aromatic N) is 2. The van der Waals surface area contributed by atoms with Crippen LogP contribution in [0.15, 0.2) is 0 Å². The summed E-state index contributed by atoms with van der Waals surface area (Å²) in [6, 6.07) is 0.330. The van der Waals surface area contributed by atoms with E-state index in [4.69, 9.17) is 9.47 Å². The molecular weight excluding hydrogens is 805 g/mol. The molecule has 2 unspecified atom stereocenters. The van der Waals surface area contributed by atoms with E-state index in [0.29, 0.717) is 24.8 Å². The van der Waals surface area contributed by atoms with E-state index in [1.165, 1.54) is 173 Å². The predicted octanol–water partition coefficient (Wildman–Crippen LogP) is 17.2. The van der Waals surface area contributed by atoms with Gasteiger partial charge in [0.05, 0.1) is 6.10 Å². The van der Waals surface area contributed by atoms with Crippen molar-refractivity contribution >= 4 is 11.9 Å². The van der Waals surface area contributed by atoms with Crippen molar-refractivity contribution in [3.63, 3.8) is 0 Å². The Hall–Kier alpha value is -1.18. The summed E-state index contributed by atoms with van der Waals surface area (Å²) in [6.45, 7) is 13.2. The Morgan fingerprint density at radius 2 is 0.754 bits per heavy atom. The lowest BCUT2D eigenvalue weighted by atomic mass is 9.97. The molecule has 0 aliphatic heterocycles. The van der Waals surface area contributed by atoms with Gasteiger partial charge in [-0.3, -0.25) is 9.59 Å². The van der Waals surface area contributed by atoms with E-state index in [1.54, 1.807) is 0 Å². The van der Waals surface area contributed by atoms with Crippen molar-refractivity contribution in [2.45, 2.75) is 335 Å². The number of ether oxygens (including phenoxy) is 2. The average molecular weight is 922 g/mol. The van der Waals surface area contributed by atoms with E-state index in [0.717, 1.165) is 103 Å². The molecule has 0 aromatic rings.